The largest absolute Gasteiger partial charge is 0.330 e. The monoisotopic (exact) mass is 700 g/mol. The average molecular weight is 701 g/mol. The predicted molar refractivity (Wildman–Crippen MR) is 205 cm³/mol. The maximum absolute atomic E-state index is 13.5. The standard InChI is InChI=1S/C43H48N4O5/c1-4-36(48)27-37(28(2)3)43(52)47-23-9-13-39(47)42(51)45-35-21-18-32-25-31(14-15-33(32)26-35)30-16-19-34(20-17-30)44-41(50)38-12-8-22-46(38)40(49)24-29-10-6-5-7-11-29/h5-7,10-11,14-21,25-26,28,37-39H,4,8-9,12-13,22-24,27H2,1-3H3,(H,44,50)(H,45,51)/t37-,38-,39-/m0/s1. The van der Waals surface area contributed by atoms with E-state index in [1.807, 2.05) is 106 Å². The van der Waals surface area contributed by atoms with Gasteiger partial charge < -0.3 is 20.4 Å². The summed E-state index contributed by atoms with van der Waals surface area (Å²) < 4.78 is 0. The van der Waals surface area contributed by atoms with E-state index < -0.39 is 18.0 Å². The van der Waals surface area contributed by atoms with E-state index in [1.165, 1.54) is 0 Å². The van der Waals surface area contributed by atoms with Gasteiger partial charge in [-0.15, -0.1) is 0 Å². The third-order valence-corrected chi connectivity index (χ3v) is 10.5. The number of amides is 4. The number of hydrogen-bond acceptors (Lipinski definition) is 5. The zero-order valence-electron chi connectivity index (χ0n) is 30.3. The number of likely N-dealkylation sites (tertiary alicyclic amines) is 2. The van der Waals surface area contributed by atoms with E-state index in [1.54, 1.807) is 9.80 Å². The van der Waals surface area contributed by atoms with E-state index in [-0.39, 0.29) is 48.2 Å². The predicted octanol–water partition coefficient (Wildman–Crippen LogP) is 7.25. The van der Waals surface area contributed by atoms with E-state index in [2.05, 4.69) is 16.7 Å². The average Bonchev–Trinajstić information content (AvgIpc) is 3.85. The third kappa shape index (κ3) is 8.41. The number of benzene rings is 4. The summed E-state index contributed by atoms with van der Waals surface area (Å²) in [4.78, 5) is 68.8. The van der Waals surface area contributed by atoms with Crippen LogP contribution in [0.4, 0.5) is 11.4 Å². The van der Waals surface area contributed by atoms with E-state index >= 15 is 0 Å². The van der Waals surface area contributed by atoms with Crippen molar-refractivity contribution < 1.29 is 24.0 Å². The summed E-state index contributed by atoms with van der Waals surface area (Å²) in [5.74, 6) is -0.872. The molecule has 0 bridgehead atoms. The van der Waals surface area contributed by atoms with Gasteiger partial charge >= 0.3 is 0 Å². The maximum atomic E-state index is 13.5. The first-order valence-corrected chi connectivity index (χ1v) is 18.5. The van der Waals surface area contributed by atoms with Crippen LogP contribution in [0, 0.1) is 11.8 Å². The van der Waals surface area contributed by atoms with Gasteiger partial charge in [0.1, 0.15) is 17.9 Å². The summed E-state index contributed by atoms with van der Waals surface area (Å²) in [5, 5.41) is 8.01. The molecule has 2 fully saturated rings. The topological polar surface area (TPSA) is 116 Å². The summed E-state index contributed by atoms with van der Waals surface area (Å²) in [5.41, 5.74) is 4.28. The van der Waals surface area contributed by atoms with Crippen molar-refractivity contribution in [2.75, 3.05) is 23.7 Å². The lowest BCUT2D eigenvalue weighted by molar-refractivity contribution is -0.143. The molecule has 3 atom stereocenters. The number of anilines is 2. The maximum Gasteiger partial charge on any atom is 0.247 e. The Bertz CT molecular complexity index is 1940. The number of carbonyl (C=O) groups excluding carboxylic acids is 5. The van der Waals surface area contributed by atoms with Crippen LogP contribution in [0.5, 0.6) is 0 Å². The highest BCUT2D eigenvalue weighted by molar-refractivity contribution is 6.01. The molecule has 2 saturated heterocycles. The number of nitrogens with zero attached hydrogens (tertiary/aromatic N) is 2. The number of carbonyl (C=O) groups is 5. The minimum atomic E-state index is -0.560. The van der Waals surface area contributed by atoms with Gasteiger partial charge in [0.15, 0.2) is 0 Å². The van der Waals surface area contributed by atoms with Crippen molar-refractivity contribution in [3.05, 3.63) is 96.6 Å². The van der Waals surface area contributed by atoms with Crippen molar-refractivity contribution in [1.82, 2.24) is 9.80 Å². The fraction of sp³-hybridized carbons (Fsp3) is 0.372. The van der Waals surface area contributed by atoms with Crippen molar-refractivity contribution in [1.29, 1.82) is 0 Å². The molecule has 6 rings (SSSR count). The van der Waals surface area contributed by atoms with E-state index in [0.717, 1.165) is 40.3 Å². The number of rotatable bonds is 12. The lowest BCUT2D eigenvalue weighted by Crippen LogP contribution is -2.47. The third-order valence-electron chi connectivity index (χ3n) is 10.5. The first-order valence-electron chi connectivity index (χ1n) is 18.5. The van der Waals surface area contributed by atoms with Gasteiger partial charge in [-0.05, 0) is 89.4 Å². The van der Waals surface area contributed by atoms with Crippen LogP contribution in [-0.4, -0.2) is 64.4 Å². The number of hydrogen-bond donors (Lipinski definition) is 2. The summed E-state index contributed by atoms with van der Waals surface area (Å²) in [7, 11) is 0. The Balaban J connectivity index is 1.07. The Hall–Kier alpha value is -5.31. The fourth-order valence-corrected chi connectivity index (χ4v) is 7.42. The van der Waals surface area contributed by atoms with Crippen LogP contribution in [0.25, 0.3) is 21.9 Å². The quantitative estimate of drug-likeness (QED) is 0.162. The molecular weight excluding hydrogens is 652 g/mol. The van der Waals surface area contributed by atoms with Crippen LogP contribution in [-0.2, 0) is 30.4 Å². The molecular formula is C43H48N4O5. The molecule has 9 nitrogen and oxygen atoms in total. The van der Waals surface area contributed by atoms with Gasteiger partial charge in [0, 0.05) is 43.2 Å². The number of ketones is 1. The molecule has 4 amide bonds. The van der Waals surface area contributed by atoms with Crippen molar-refractivity contribution >= 4 is 51.6 Å². The van der Waals surface area contributed by atoms with Crippen molar-refractivity contribution in [2.24, 2.45) is 11.8 Å². The van der Waals surface area contributed by atoms with Gasteiger partial charge in [-0.3, -0.25) is 24.0 Å². The molecule has 4 aromatic carbocycles. The smallest absolute Gasteiger partial charge is 0.247 e. The van der Waals surface area contributed by atoms with Gasteiger partial charge in [0.2, 0.25) is 23.6 Å². The van der Waals surface area contributed by atoms with Crippen LogP contribution < -0.4 is 10.6 Å². The zero-order chi connectivity index (χ0) is 36.8. The van der Waals surface area contributed by atoms with Crippen molar-refractivity contribution in [2.45, 2.75) is 77.8 Å². The highest BCUT2D eigenvalue weighted by Crippen LogP contribution is 2.30. The zero-order valence-corrected chi connectivity index (χ0v) is 30.3. The molecule has 2 N–H and O–H groups in total. The summed E-state index contributed by atoms with van der Waals surface area (Å²) in [6.07, 6.45) is 3.68. The molecule has 0 aromatic heterocycles. The second-order valence-electron chi connectivity index (χ2n) is 14.4. The Morgan fingerprint density at radius 1 is 0.692 bits per heavy atom. The Labute approximate surface area is 305 Å². The van der Waals surface area contributed by atoms with Gasteiger partial charge in [-0.1, -0.05) is 81.4 Å². The van der Waals surface area contributed by atoms with E-state index in [0.29, 0.717) is 43.7 Å². The second-order valence-corrected chi connectivity index (χ2v) is 14.4. The fourth-order valence-electron chi connectivity index (χ4n) is 7.42. The molecule has 0 unspecified atom stereocenters. The molecule has 0 spiro atoms. The first kappa shape index (κ1) is 36.5. The minimum absolute atomic E-state index is 0.00755. The number of Topliss-reactive ketones (excluding diaryl/α,β-unsaturated/α-hetero) is 1. The van der Waals surface area contributed by atoms with Gasteiger partial charge in [-0.2, -0.15) is 0 Å². The first-order chi connectivity index (χ1) is 25.1. The minimum Gasteiger partial charge on any atom is -0.330 e. The normalized spacial score (nSPS) is 17.7. The van der Waals surface area contributed by atoms with Crippen LogP contribution >= 0.6 is 0 Å². The Morgan fingerprint density at radius 2 is 1.27 bits per heavy atom. The van der Waals surface area contributed by atoms with Crippen molar-refractivity contribution in [3.63, 3.8) is 0 Å². The van der Waals surface area contributed by atoms with E-state index in [9.17, 15) is 24.0 Å². The molecule has 0 aliphatic carbocycles. The summed E-state index contributed by atoms with van der Waals surface area (Å²) in [6.45, 7) is 6.82. The number of fused-ring (bicyclic) bond motifs is 1. The second kappa shape index (κ2) is 16.4. The molecule has 52 heavy (non-hydrogen) atoms. The Morgan fingerprint density at radius 3 is 1.94 bits per heavy atom. The van der Waals surface area contributed by atoms with Crippen molar-refractivity contribution in [3.8, 4) is 11.1 Å². The van der Waals surface area contributed by atoms with E-state index in [4.69, 9.17) is 0 Å². The van der Waals surface area contributed by atoms with Gasteiger partial charge in [0.05, 0.1) is 6.42 Å². The lowest BCUT2D eigenvalue weighted by atomic mass is 9.88. The number of nitrogens with one attached hydrogen (secondary N) is 2. The molecule has 0 saturated carbocycles. The SMILES string of the molecule is CCC(=O)C[C@H](C(=O)N1CCC[C@H]1C(=O)Nc1ccc2cc(-c3ccc(NC(=O)[C@@H]4CCCN4C(=O)Cc4ccccc4)cc3)ccc2c1)C(C)C. The highest BCUT2D eigenvalue weighted by atomic mass is 16.2. The molecule has 2 heterocycles. The van der Waals surface area contributed by atoms with Gasteiger partial charge in [-0.25, -0.2) is 0 Å². The van der Waals surface area contributed by atoms with Gasteiger partial charge in [0.25, 0.3) is 0 Å². The van der Waals surface area contributed by atoms with Crippen LogP contribution in [0.3, 0.4) is 0 Å². The summed E-state index contributed by atoms with van der Waals surface area (Å²) >= 11 is 0. The van der Waals surface area contributed by atoms with Crippen LogP contribution in [0.1, 0.15) is 64.9 Å². The molecule has 9 heteroatoms. The Kier molecular flexibility index (Phi) is 11.5. The molecule has 270 valence electrons. The van der Waals surface area contributed by atoms with Crippen LogP contribution in [0.2, 0.25) is 0 Å². The molecule has 2 aliphatic rings. The molecule has 0 radical (unpaired) electrons. The van der Waals surface area contributed by atoms with Crippen LogP contribution in [0.15, 0.2) is 91.0 Å². The lowest BCUT2D eigenvalue weighted by Gasteiger charge is -2.29. The summed E-state index contributed by atoms with van der Waals surface area (Å²) in [6, 6.07) is 28.2. The molecule has 4 aromatic rings. The highest BCUT2D eigenvalue weighted by Gasteiger charge is 2.38. The molecule has 2 aliphatic heterocycles.